The van der Waals surface area contributed by atoms with Crippen LogP contribution in [0.3, 0.4) is 0 Å². The van der Waals surface area contributed by atoms with E-state index in [0.29, 0.717) is 18.0 Å². The second kappa shape index (κ2) is 10.8. The van der Waals surface area contributed by atoms with Crippen molar-refractivity contribution in [3.05, 3.63) is 60.2 Å². The van der Waals surface area contributed by atoms with E-state index in [0.717, 1.165) is 58.2 Å². The van der Waals surface area contributed by atoms with Gasteiger partial charge in [-0.3, -0.25) is 9.69 Å². The molecule has 6 nitrogen and oxygen atoms in total. The van der Waals surface area contributed by atoms with Crippen molar-refractivity contribution in [2.45, 2.75) is 44.2 Å². The Kier molecular flexibility index (Phi) is 7.36. The molecule has 2 heterocycles. The second-order valence-corrected chi connectivity index (χ2v) is 9.98. The summed E-state index contributed by atoms with van der Waals surface area (Å²) in [5.74, 6) is 1.82. The fraction of sp³-hybridized carbons (Fsp3) is 0.536. The van der Waals surface area contributed by atoms with E-state index in [1.54, 1.807) is 6.92 Å². The van der Waals surface area contributed by atoms with Gasteiger partial charge in [-0.05, 0) is 62.2 Å². The minimum absolute atomic E-state index is 0.170. The summed E-state index contributed by atoms with van der Waals surface area (Å²) in [6, 6.07) is 20.7. The number of hydrogen-bond donors (Lipinski definition) is 1. The maximum Gasteiger partial charge on any atom is 0.219 e. The standard InChI is InChI=1S/C28H38N4O2/c1-22(33)31-15-17-32(18-16-31)25-7-9-26(10-8-25)34-20-19-30-13-11-24(12-14-30)29-28-21-27(28)23-5-3-2-4-6-23/h2-10,24,27-29H,11-21H2,1H3/t27-,28+/m0/s1. The molecule has 1 aliphatic carbocycles. The summed E-state index contributed by atoms with van der Waals surface area (Å²) in [4.78, 5) is 18.3. The molecule has 2 aliphatic heterocycles. The highest BCUT2D eigenvalue weighted by Crippen LogP contribution is 2.41. The molecule has 34 heavy (non-hydrogen) atoms. The van der Waals surface area contributed by atoms with Gasteiger partial charge in [0.2, 0.25) is 5.91 Å². The summed E-state index contributed by atoms with van der Waals surface area (Å²) >= 11 is 0. The first kappa shape index (κ1) is 23.2. The van der Waals surface area contributed by atoms with E-state index in [2.05, 4.69) is 69.7 Å². The largest absolute Gasteiger partial charge is 0.492 e. The van der Waals surface area contributed by atoms with Crippen LogP contribution in [0.15, 0.2) is 54.6 Å². The second-order valence-electron chi connectivity index (χ2n) is 9.98. The van der Waals surface area contributed by atoms with E-state index < -0.39 is 0 Å². The molecular formula is C28H38N4O2. The Morgan fingerprint density at radius 2 is 1.65 bits per heavy atom. The number of nitrogens with zero attached hydrogens (tertiary/aromatic N) is 3. The van der Waals surface area contributed by atoms with Crippen LogP contribution < -0.4 is 15.0 Å². The molecule has 2 aromatic carbocycles. The van der Waals surface area contributed by atoms with Crippen molar-refractivity contribution >= 4 is 11.6 Å². The van der Waals surface area contributed by atoms with Crippen LogP contribution in [0.2, 0.25) is 0 Å². The number of anilines is 1. The summed E-state index contributed by atoms with van der Waals surface area (Å²) in [5, 5.41) is 3.90. The lowest BCUT2D eigenvalue weighted by atomic mass is 10.0. The van der Waals surface area contributed by atoms with Gasteiger partial charge in [0, 0.05) is 63.3 Å². The smallest absolute Gasteiger partial charge is 0.219 e. The van der Waals surface area contributed by atoms with Gasteiger partial charge < -0.3 is 19.9 Å². The van der Waals surface area contributed by atoms with Gasteiger partial charge in [0.25, 0.3) is 0 Å². The molecule has 1 amide bonds. The van der Waals surface area contributed by atoms with Gasteiger partial charge in [-0.2, -0.15) is 0 Å². The van der Waals surface area contributed by atoms with Crippen LogP contribution in [0, 0.1) is 0 Å². The van der Waals surface area contributed by atoms with Crippen molar-refractivity contribution < 1.29 is 9.53 Å². The average molecular weight is 463 g/mol. The third-order valence-corrected chi connectivity index (χ3v) is 7.66. The van der Waals surface area contributed by atoms with Gasteiger partial charge in [0.15, 0.2) is 0 Å². The quantitative estimate of drug-likeness (QED) is 0.652. The Hall–Kier alpha value is -2.57. The monoisotopic (exact) mass is 462 g/mol. The van der Waals surface area contributed by atoms with Crippen molar-refractivity contribution in [1.82, 2.24) is 15.1 Å². The van der Waals surface area contributed by atoms with Gasteiger partial charge >= 0.3 is 0 Å². The SMILES string of the molecule is CC(=O)N1CCN(c2ccc(OCCN3CCC(N[C@@H]4C[C@H]4c4ccccc4)CC3)cc2)CC1. The van der Waals surface area contributed by atoms with E-state index in [4.69, 9.17) is 4.74 Å². The van der Waals surface area contributed by atoms with E-state index in [1.165, 1.54) is 30.5 Å². The van der Waals surface area contributed by atoms with Gasteiger partial charge in [-0.1, -0.05) is 30.3 Å². The first-order valence-electron chi connectivity index (χ1n) is 12.9. The number of benzene rings is 2. The van der Waals surface area contributed by atoms with Crippen LogP contribution in [0.5, 0.6) is 5.75 Å². The van der Waals surface area contributed by atoms with Gasteiger partial charge in [-0.25, -0.2) is 0 Å². The summed E-state index contributed by atoms with van der Waals surface area (Å²) in [7, 11) is 0. The van der Waals surface area contributed by atoms with Crippen molar-refractivity contribution in [3.8, 4) is 5.75 Å². The predicted molar refractivity (Wildman–Crippen MR) is 137 cm³/mol. The molecule has 3 aliphatic rings. The number of likely N-dealkylation sites (tertiary alicyclic amines) is 1. The van der Waals surface area contributed by atoms with Gasteiger partial charge in [-0.15, -0.1) is 0 Å². The summed E-state index contributed by atoms with van der Waals surface area (Å²) in [5.41, 5.74) is 2.69. The lowest BCUT2D eigenvalue weighted by Gasteiger charge is -2.35. The van der Waals surface area contributed by atoms with Crippen LogP contribution >= 0.6 is 0 Å². The zero-order valence-electron chi connectivity index (χ0n) is 20.4. The molecule has 2 aromatic rings. The van der Waals surface area contributed by atoms with E-state index in [-0.39, 0.29) is 5.91 Å². The van der Waals surface area contributed by atoms with Crippen LogP contribution in [0.25, 0.3) is 0 Å². The Morgan fingerprint density at radius 1 is 0.941 bits per heavy atom. The van der Waals surface area contributed by atoms with Gasteiger partial charge in [0.05, 0.1) is 0 Å². The first-order chi connectivity index (χ1) is 16.7. The van der Waals surface area contributed by atoms with Crippen LogP contribution in [-0.2, 0) is 4.79 Å². The normalized spacial score (nSPS) is 23.7. The molecule has 1 saturated carbocycles. The number of piperidine rings is 1. The molecular weight excluding hydrogens is 424 g/mol. The van der Waals surface area contributed by atoms with Crippen molar-refractivity contribution in [3.63, 3.8) is 0 Å². The van der Waals surface area contributed by atoms with Crippen LogP contribution in [0.1, 0.15) is 37.7 Å². The minimum atomic E-state index is 0.170. The Balaban J connectivity index is 0.974. The molecule has 5 rings (SSSR count). The Bertz CT molecular complexity index is 919. The van der Waals surface area contributed by atoms with Crippen molar-refractivity contribution in [2.75, 3.05) is 57.3 Å². The molecule has 3 fully saturated rings. The zero-order chi connectivity index (χ0) is 23.3. The van der Waals surface area contributed by atoms with Gasteiger partial charge in [0.1, 0.15) is 12.4 Å². The van der Waals surface area contributed by atoms with E-state index in [9.17, 15) is 4.79 Å². The van der Waals surface area contributed by atoms with E-state index in [1.807, 2.05) is 4.90 Å². The summed E-state index contributed by atoms with van der Waals surface area (Å²) in [6.07, 6.45) is 3.73. The molecule has 2 atom stereocenters. The maximum absolute atomic E-state index is 11.5. The Morgan fingerprint density at radius 3 is 2.32 bits per heavy atom. The summed E-state index contributed by atoms with van der Waals surface area (Å²) in [6.45, 7) is 9.03. The van der Waals surface area contributed by atoms with E-state index >= 15 is 0 Å². The molecule has 0 spiro atoms. The third-order valence-electron chi connectivity index (χ3n) is 7.66. The topological polar surface area (TPSA) is 48.1 Å². The highest BCUT2D eigenvalue weighted by molar-refractivity contribution is 5.73. The molecule has 1 N–H and O–H groups in total. The molecule has 2 saturated heterocycles. The highest BCUT2D eigenvalue weighted by Gasteiger charge is 2.39. The fourth-order valence-corrected chi connectivity index (χ4v) is 5.40. The Labute approximate surface area is 203 Å². The number of hydrogen-bond acceptors (Lipinski definition) is 5. The highest BCUT2D eigenvalue weighted by atomic mass is 16.5. The first-order valence-corrected chi connectivity index (χ1v) is 12.9. The van der Waals surface area contributed by atoms with Crippen LogP contribution in [-0.4, -0.2) is 80.2 Å². The van der Waals surface area contributed by atoms with Crippen LogP contribution in [0.4, 0.5) is 5.69 Å². The van der Waals surface area contributed by atoms with Crippen molar-refractivity contribution in [1.29, 1.82) is 0 Å². The predicted octanol–water partition coefficient (Wildman–Crippen LogP) is 3.34. The molecule has 182 valence electrons. The molecule has 6 heteroatoms. The number of nitrogens with one attached hydrogen (secondary N) is 1. The number of rotatable bonds is 8. The fourth-order valence-electron chi connectivity index (χ4n) is 5.40. The third kappa shape index (κ3) is 5.91. The number of carbonyl (C=O) groups is 1. The average Bonchev–Trinajstić information content (AvgIpc) is 3.65. The molecule has 0 radical (unpaired) electrons. The lowest BCUT2D eigenvalue weighted by molar-refractivity contribution is -0.129. The lowest BCUT2D eigenvalue weighted by Crippen LogP contribution is -2.48. The maximum atomic E-state index is 11.5. The molecule has 0 unspecified atom stereocenters. The zero-order valence-corrected chi connectivity index (χ0v) is 20.4. The number of amides is 1. The number of ether oxygens (including phenoxy) is 1. The van der Waals surface area contributed by atoms with Crippen molar-refractivity contribution in [2.24, 2.45) is 0 Å². The number of carbonyl (C=O) groups excluding carboxylic acids is 1. The molecule has 0 bridgehead atoms. The number of piperazine rings is 1. The minimum Gasteiger partial charge on any atom is -0.492 e. The molecule has 0 aromatic heterocycles. The summed E-state index contributed by atoms with van der Waals surface area (Å²) < 4.78 is 6.04.